The van der Waals surface area contributed by atoms with Crippen LogP contribution in [0.3, 0.4) is 0 Å². The fourth-order valence-electron chi connectivity index (χ4n) is 7.83. The predicted octanol–water partition coefficient (Wildman–Crippen LogP) is 10.2. The first-order valence-corrected chi connectivity index (χ1v) is 14.9. The van der Waals surface area contributed by atoms with E-state index in [1.54, 1.807) is 0 Å². The summed E-state index contributed by atoms with van der Waals surface area (Å²) < 4.78 is 5.01. The summed E-state index contributed by atoms with van der Waals surface area (Å²) in [7, 11) is 0. The van der Waals surface area contributed by atoms with Gasteiger partial charge < -0.3 is 9.13 Å². The summed E-state index contributed by atoms with van der Waals surface area (Å²) in [6, 6.07) is 46.8. The maximum absolute atomic E-state index is 2.53. The molecule has 0 atom stereocenters. The topological polar surface area (TPSA) is 9.86 Å². The molecule has 0 unspecified atom stereocenters. The molecule has 2 heteroatoms. The van der Waals surface area contributed by atoms with Crippen LogP contribution in [0.2, 0.25) is 0 Å². The molecule has 2 aliphatic rings. The lowest BCUT2D eigenvalue weighted by molar-refractivity contribution is 0.884. The molecular formula is C40H26N2. The molecule has 0 bridgehead atoms. The lowest BCUT2D eigenvalue weighted by Crippen LogP contribution is -2.06. The first kappa shape index (κ1) is 22.4. The number of allylic oxidation sites excluding steroid dienone is 1. The van der Waals surface area contributed by atoms with Crippen LogP contribution in [0.4, 0.5) is 0 Å². The highest BCUT2D eigenvalue weighted by Crippen LogP contribution is 2.51. The van der Waals surface area contributed by atoms with Gasteiger partial charge in [-0.1, -0.05) is 91.0 Å². The molecule has 6 aromatic carbocycles. The zero-order chi connectivity index (χ0) is 27.4. The van der Waals surface area contributed by atoms with Gasteiger partial charge in [0.05, 0.1) is 16.6 Å². The minimum absolute atomic E-state index is 1.05. The Bertz CT molecular complexity index is 2420. The Labute approximate surface area is 243 Å². The number of aromatic nitrogens is 2. The van der Waals surface area contributed by atoms with E-state index in [0.29, 0.717) is 0 Å². The summed E-state index contributed by atoms with van der Waals surface area (Å²) in [5.41, 5.74) is 14.4. The highest BCUT2D eigenvalue weighted by atomic mass is 15.0. The third-order valence-electron chi connectivity index (χ3n) is 9.50. The normalized spacial score (nSPS) is 13.7. The Morgan fingerprint density at radius 2 is 1.12 bits per heavy atom. The second kappa shape index (κ2) is 8.11. The summed E-state index contributed by atoms with van der Waals surface area (Å²) in [4.78, 5) is 0. The fraction of sp³-hybridized carbons (Fsp3) is 0.0500. The van der Waals surface area contributed by atoms with E-state index < -0.39 is 0 Å². The van der Waals surface area contributed by atoms with Crippen molar-refractivity contribution in [2.24, 2.45) is 0 Å². The van der Waals surface area contributed by atoms with E-state index in [9.17, 15) is 0 Å². The number of para-hydroxylation sites is 1. The van der Waals surface area contributed by atoms with Gasteiger partial charge in [0, 0.05) is 44.2 Å². The van der Waals surface area contributed by atoms with Crippen LogP contribution in [-0.2, 0) is 6.42 Å². The largest absolute Gasteiger partial charge is 0.313 e. The number of rotatable bonds is 3. The molecule has 2 nitrogen and oxygen atoms in total. The minimum atomic E-state index is 1.05. The number of nitrogens with zero attached hydrogens (tertiary/aromatic N) is 2. The second-order valence-corrected chi connectivity index (χ2v) is 11.6. The lowest BCUT2D eigenvalue weighted by Gasteiger charge is -2.18. The van der Waals surface area contributed by atoms with Gasteiger partial charge >= 0.3 is 0 Å². The third-order valence-corrected chi connectivity index (χ3v) is 9.50. The Balaban J connectivity index is 1.36. The smallest absolute Gasteiger partial charge is 0.0548 e. The summed E-state index contributed by atoms with van der Waals surface area (Å²) in [5, 5.41) is 6.84. The molecule has 0 N–H and O–H groups in total. The van der Waals surface area contributed by atoms with Gasteiger partial charge in [-0.05, 0) is 83.0 Å². The molecule has 0 saturated heterocycles. The average Bonchev–Trinajstić information content (AvgIpc) is 3.54. The van der Waals surface area contributed by atoms with Crippen LogP contribution in [0.5, 0.6) is 0 Å². The molecule has 0 radical (unpaired) electrons. The van der Waals surface area contributed by atoms with Crippen molar-refractivity contribution in [1.29, 1.82) is 0 Å². The maximum Gasteiger partial charge on any atom is 0.0548 e. The van der Waals surface area contributed by atoms with Gasteiger partial charge in [0.1, 0.15) is 0 Å². The molecule has 0 aliphatic heterocycles. The van der Waals surface area contributed by atoms with Crippen molar-refractivity contribution in [1.82, 2.24) is 9.13 Å². The highest BCUT2D eigenvalue weighted by molar-refractivity contribution is 6.34. The van der Waals surface area contributed by atoms with Crippen LogP contribution in [0.25, 0.3) is 71.6 Å². The standard InChI is InChI=1S/C40H26N2/c1-3-9-25(10-4-1)26-17-21-29(22-18-26)42-33-16-8-14-31-30-13-7-15-32-37(30)39-34(41(32)28-11-5-2-6-12-28)23-19-27-20-24-35(42)40(36(27)39)38(31)33/h1-6,8-14,16-24H,7,15H2. The van der Waals surface area contributed by atoms with Crippen molar-refractivity contribution in [3.63, 3.8) is 0 Å². The SMILES string of the molecule is C1=C2c3c(n(-c4ccccc4)c4ccc5ccc6c(c7c2cccc7n6-c2ccc(-c6ccccc6)cc2)c5c34)CC1. The Kier molecular flexibility index (Phi) is 4.32. The van der Waals surface area contributed by atoms with Crippen molar-refractivity contribution >= 4 is 49.1 Å². The zero-order valence-corrected chi connectivity index (χ0v) is 23.0. The van der Waals surface area contributed by atoms with E-state index in [4.69, 9.17) is 0 Å². The van der Waals surface area contributed by atoms with E-state index in [0.717, 1.165) is 12.8 Å². The molecule has 0 saturated carbocycles. The van der Waals surface area contributed by atoms with Gasteiger partial charge in [0.2, 0.25) is 0 Å². The highest BCUT2D eigenvalue weighted by Gasteiger charge is 2.31. The predicted molar refractivity (Wildman–Crippen MR) is 176 cm³/mol. The molecule has 42 heavy (non-hydrogen) atoms. The monoisotopic (exact) mass is 534 g/mol. The summed E-state index contributed by atoms with van der Waals surface area (Å²) in [6.45, 7) is 0. The molecule has 2 heterocycles. The second-order valence-electron chi connectivity index (χ2n) is 11.6. The van der Waals surface area contributed by atoms with Crippen LogP contribution in [0.1, 0.15) is 23.2 Å². The van der Waals surface area contributed by atoms with Crippen LogP contribution < -0.4 is 0 Å². The molecule has 10 rings (SSSR count). The minimum Gasteiger partial charge on any atom is -0.313 e. The Morgan fingerprint density at radius 3 is 1.90 bits per heavy atom. The van der Waals surface area contributed by atoms with E-state index in [1.807, 2.05) is 0 Å². The number of fused-ring (bicyclic) bond motifs is 1. The van der Waals surface area contributed by atoms with Crippen LogP contribution in [0, 0.1) is 0 Å². The molecule has 196 valence electrons. The van der Waals surface area contributed by atoms with E-state index in [-0.39, 0.29) is 0 Å². The summed E-state index contributed by atoms with van der Waals surface area (Å²) in [5.74, 6) is 0. The molecule has 0 fully saturated rings. The van der Waals surface area contributed by atoms with Crippen LogP contribution >= 0.6 is 0 Å². The fourth-order valence-corrected chi connectivity index (χ4v) is 7.83. The molecule has 2 aromatic heterocycles. The first-order valence-electron chi connectivity index (χ1n) is 14.9. The van der Waals surface area contributed by atoms with Crippen molar-refractivity contribution in [3.05, 3.63) is 150 Å². The molecular weight excluding hydrogens is 508 g/mol. The maximum atomic E-state index is 2.53. The number of benzene rings is 6. The van der Waals surface area contributed by atoms with Gasteiger partial charge in [-0.2, -0.15) is 0 Å². The van der Waals surface area contributed by atoms with Crippen molar-refractivity contribution < 1.29 is 0 Å². The third kappa shape index (κ3) is 2.79. The molecule has 0 spiro atoms. The Morgan fingerprint density at radius 1 is 0.452 bits per heavy atom. The molecule has 8 aromatic rings. The van der Waals surface area contributed by atoms with Gasteiger partial charge in [0.15, 0.2) is 0 Å². The quantitative estimate of drug-likeness (QED) is 0.213. The van der Waals surface area contributed by atoms with Crippen molar-refractivity contribution in [3.8, 4) is 22.5 Å². The number of hydrogen-bond acceptors (Lipinski definition) is 0. The first-order chi connectivity index (χ1) is 20.9. The van der Waals surface area contributed by atoms with Crippen LogP contribution in [0.15, 0.2) is 133 Å². The molecule has 0 amide bonds. The van der Waals surface area contributed by atoms with E-state index in [1.165, 1.54) is 88.4 Å². The van der Waals surface area contributed by atoms with Gasteiger partial charge in [-0.3, -0.25) is 0 Å². The van der Waals surface area contributed by atoms with Gasteiger partial charge in [-0.25, -0.2) is 0 Å². The average molecular weight is 535 g/mol. The molecule has 2 aliphatic carbocycles. The van der Waals surface area contributed by atoms with E-state index in [2.05, 4.69) is 143 Å². The number of hydrogen-bond donors (Lipinski definition) is 0. The van der Waals surface area contributed by atoms with E-state index >= 15 is 0 Å². The Hall–Kier alpha value is -5.34. The van der Waals surface area contributed by atoms with Crippen molar-refractivity contribution in [2.45, 2.75) is 12.8 Å². The van der Waals surface area contributed by atoms with Gasteiger partial charge in [-0.15, -0.1) is 0 Å². The van der Waals surface area contributed by atoms with Crippen molar-refractivity contribution in [2.75, 3.05) is 0 Å². The van der Waals surface area contributed by atoms with Crippen LogP contribution in [-0.4, -0.2) is 9.13 Å². The zero-order valence-electron chi connectivity index (χ0n) is 23.0. The van der Waals surface area contributed by atoms with Gasteiger partial charge in [0.25, 0.3) is 0 Å². The summed E-state index contributed by atoms with van der Waals surface area (Å²) in [6.07, 6.45) is 4.59. The lowest BCUT2D eigenvalue weighted by atomic mass is 9.89. The summed E-state index contributed by atoms with van der Waals surface area (Å²) >= 11 is 0.